The van der Waals surface area contributed by atoms with E-state index in [2.05, 4.69) is 4.98 Å². The summed E-state index contributed by atoms with van der Waals surface area (Å²) in [5.41, 5.74) is 2.21. The molecule has 1 aliphatic rings. The van der Waals surface area contributed by atoms with Crippen molar-refractivity contribution in [1.82, 2.24) is 9.55 Å². The van der Waals surface area contributed by atoms with Crippen molar-refractivity contribution >= 4 is 0 Å². The number of aliphatic hydroxyl groups is 1. The molecule has 0 radical (unpaired) electrons. The molecule has 2 aromatic rings. The average molecular weight is 272 g/mol. The molecule has 1 aromatic carbocycles. The highest BCUT2D eigenvalue weighted by Crippen LogP contribution is 2.35. The van der Waals surface area contributed by atoms with Crippen LogP contribution in [-0.4, -0.2) is 21.3 Å². The van der Waals surface area contributed by atoms with Gasteiger partial charge in [0, 0.05) is 25.9 Å². The second kappa shape index (κ2) is 5.67. The van der Waals surface area contributed by atoms with Crippen LogP contribution in [0.1, 0.15) is 35.9 Å². The molecule has 1 N–H and O–H groups in total. The summed E-state index contributed by atoms with van der Waals surface area (Å²) in [6.07, 6.45) is 7.06. The van der Waals surface area contributed by atoms with Gasteiger partial charge in [-0.05, 0) is 36.5 Å². The summed E-state index contributed by atoms with van der Waals surface area (Å²) in [6, 6.07) is 5.96. The van der Waals surface area contributed by atoms with Crippen molar-refractivity contribution in [2.75, 3.05) is 6.61 Å². The standard InChI is InChI=1S/C16H20N2O2/c1-18-10-9-17-16(18)8-11-20-15-7-3-4-12-13(15)5-2-6-14(12)19/h3-4,7,9-10,14,19H,2,5-6,8,11H2,1H3. The number of aromatic nitrogens is 2. The molecule has 1 aliphatic carbocycles. The van der Waals surface area contributed by atoms with Crippen LogP contribution in [0.3, 0.4) is 0 Å². The number of ether oxygens (including phenoxy) is 1. The molecule has 1 aromatic heterocycles. The molecule has 0 saturated heterocycles. The zero-order chi connectivity index (χ0) is 13.9. The van der Waals surface area contributed by atoms with E-state index in [1.807, 2.05) is 36.0 Å². The van der Waals surface area contributed by atoms with Gasteiger partial charge in [0.2, 0.25) is 0 Å². The molecule has 1 unspecified atom stereocenters. The van der Waals surface area contributed by atoms with Gasteiger partial charge in [-0.2, -0.15) is 0 Å². The summed E-state index contributed by atoms with van der Waals surface area (Å²) in [5.74, 6) is 1.94. The minimum absolute atomic E-state index is 0.336. The van der Waals surface area contributed by atoms with Crippen molar-refractivity contribution in [2.45, 2.75) is 31.8 Å². The van der Waals surface area contributed by atoms with E-state index in [-0.39, 0.29) is 6.10 Å². The second-order valence-electron chi connectivity index (χ2n) is 5.28. The number of imidazole rings is 1. The van der Waals surface area contributed by atoms with Crippen molar-refractivity contribution in [1.29, 1.82) is 0 Å². The van der Waals surface area contributed by atoms with Crippen molar-refractivity contribution < 1.29 is 9.84 Å². The van der Waals surface area contributed by atoms with E-state index in [4.69, 9.17) is 4.74 Å². The van der Waals surface area contributed by atoms with Crippen LogP contribution in [0.25, 0.3) is 0 Å². The summed E-state index contributed by atoms with van der Waals surface area (Å²) in [7, 11) is 1.99. The number of hydrogen-bond acceptors (Lipinski definition) is 3. The van der Waals surface area contributed by atoms with E-state index in [0.717, 1.165) is 42.8 Å². The van der Waals surface area contributed by atoms with E-state index >= 15 is 0 Å². The summed E-state index contributed by atoms with van der Waals surface area (Å²) in [6.45, 7) is 0.609. The van der Waals surface area contributed by atoms with Gasteiger partial charge in [0.15, 0.2) is 0 Å². The first-order valence-corrected chi connectivity index (χ1v) is 7.14. The van der Waals surface area contributed by atoms with Gasteiger partial charge in [0.1, 0.15) is 11.6 Å². The van der Waals surface area contributed by atoms with Gasteiger partial charge < -0.3 is 14.4 Å². The first-order chi connectivity index (χ1) is 9.75. The van der Waals surface area contributed by atoms with Crippen LogP contribution < -0.4 is 4.74 Å². The van der Waals surface area contributed by atoms with Crippen molar-refractivity contribution in [3.8, 4) is 5.75 Å². The molecule has 106 valence electrons. The fraction of sp³-hybridized carbons (Fsp3) is 0.438. The van der Waals surface area contributed by atoms with Crippen LogP contribution in [0.5, 0.6) is 5.75 Å². The molecular weight excluding hydrogens is 252 g/mol. The Bertz CT molecular complexity index is 592. The number of rotatable bonds is 4. The van der Waals surface area contributed by atoms with Crippen LogP contribution in [0.15, 0.2) is 30.6 Å². The monoisotopic (exact) mass is 272 g/mol. The molecule has 4 heteroatoms. The van der Waals surface area contributed by atoms with Crippen LogP contribution in [-0.2, 0) is 19.9 Å². The highest BCUT2D eigenvalue weighted by atomic mass is 16.5. The lowest BCUT2D eigenvalue weighted by molar-refractivity contribution is 0.155. The van der Waals surface area contributed by atoms with Gasteiger partial charge in [0.05, 0.1) is 12.7 Å². The molecular formula is C16H20N2O2. The first kappa shape index (κ1) is 13.2. The molecule has 0 aliphatic heterocycles. The Labute approximate surface area is 119 Å². The maximum Gasteiger partial charge on any atom is 0.122 e. The summed E-state index contributed by atoms with van der Waals surface area (Å²) in [4.78, 5) is 4.29. The van der Waals surface area contributed by atoms with E-state index in [9.17, 15) is 5.11 Å². The highest BCUT2D eigenvalue weighted by Gasteiger charge is 2.20. The molecule has 20 heavy (non-hydrogen) atoms. The molecule has 0 spiro atoms. The van der Waals surface area contributed by atoms with E-state index in [1.165, 1.54) is 5.56 Å². The number of benzene rings is 1. The van der Waals surface area contributed by atoms with Gasteiger partial charge in [-0.15, -0.1) is 0 Å². The number of aryl methyl sites for hydroxylation is 1. The van der Waals surface area contributed by atoms with Crippen molar-refractivity contribution in [3.05, 3.63) is 47.5 Å². The van der Waals surface area contributed by atoms with Crippen LogP contribution >= 0.6 is 0 Å². The molecule has 0 saturated carbocycles. The van der Waals surface area contributed by atoms with Gasteiger partial charge in [-0.3, -0.25) is 0 Å². The summed E-state index contributed by atoms with van der Waals surface area (Å²) < 4.78 is 7.92. The largest absolute Gasteiger partial charge is 0.493 e. The van der Waals surface area contributed by atoms with Gasteiger partial charge >= 0.3 is 0 Å². The minimum atomic E-state index is -0.336. The molecule has 1 heterocycles. The summed E-state index contributed by atoms with van der Waals surface area (Å²) >= 11 is 0. The Morgan fingerprint density at radius 3 is 3.15 bits per heavy atom. The molecule has 1 atom stereocenters. The van der Waals surface area contributed by atoms with Crippen LogP contribution in [0, 0.1) is 0 Å². The van der Waals surface area contributed by atoms with Gasteiger partial charge in [0.25, 0.3) is 0 Å². The van der Waals surface area contributed by atoms with Crippen molar-refractivity contribution in [3.63, 3.8) is 0 Å². The Hall–Kier alpha value is -1.81. The fourth-order valence-corrected chi connectivity index (χ4v) is 2.81. The van der Waals surface area contributed by atoms with Crippen LogP contribution in [0.2, 0.25) is 0 Å². The Balaban J connectivity index is 1.69. The van der Waals surface area contributed by atoms with Crippen LogP contribution in [0.4, 0.5) is 0 Å². The smallest absolute Gasteiger partial charge is 0.122 e. The SMILES string of the molecule is Cn1ccnc1CCOc1cccc2c1CCCC2O. The number of aliphatic hydroxyl groups excluding tert-OH is 1. The van der Waals surface area contributed by atoms with Crippen molar-refractivity contribution in [2.24, 2.45) is 7.05 Å². The third-order valence-corrected chi connectivity index (χ3v) is 3.94. The number of nitrogens with zero attached hydrogens (tertiary/aromatic N) is 2. The molecule has 3 rings (SSSR count). The Morgan fingerprint density at radius 2 is 2.35 bits per heavy atom. The van der Waals surface area contributed by atoms with Gasteiger partial charge in [-0.25, -0.2) is 4.98 Å². The normalized spacial score (nSPS) is 17.8. The first-order valence-electron chi connectivity index (χ1n) is 7.14. The molecule has 4 nitrogen and oxygen atoms in total. The summed E-state index contributed by atoms with van der Waals surface area (Å²) in [5, 5.41) is 10.0. The zero-order valence-corrected chi connectivity index (χ0v) is 11.7. The number of hydrogen-bond donors (Lipinski definition) is 1. The third-order valence-electron chi connectivity index (χ3n) is 3.94. The Morgan fingerprint density at radius 1 is 1.45 bits per heavy atom. The number of fused-ring (bicyclic) bond motifs is 1. The van der Waals surface area contributed by atoms with E-state index in [1.54, 1.807) is 6.20 Å². The minimum Gasteiger partial charge on any atom is -0.493 e. The highest BCUT2D eigenvalue weighted by molar-refractivity contribution is 5.42. The predicted octanol–water partition coefficient (Wildman–Crippen LogP) is 2.41. The lowest BCUT2D eigenvalue weighted by Crippen LogP contribution is -2.12. The van der Waals surface area contributed by atoms with E-state index < -0.39 is 0 Å². The maximum atomic E-state index is 10.0. The molecule has 0 fully saturated rings. The molecule has 0 bridgehead atoms. The topological polar surface area (TPSA) is 47.3 Å². The fourth-order valence-electron chi connectivity index (χ4n) is 2.81. The quantitative estimate of drug-likeness (QED) is 0.929. The average Bonchev–Trinajstić information content (AvgIpc) is 2.86. The molecule has 0 amide bonds. The third kappa shape index (κ3) is 2.56. The maximum absolute atomic E-state index is 10.0. The zero-order valence-electron chi connectivity index (χ0n) is 11.7. The Kier molecular flexibility index (Phi) is 3.74. The van der Waals surface area contributed by atoms with Gasteiger partial charge in [-0.1, -0.05) is 12.1 Å². The lowest BCUT2D eigenvalue weighted by Gasteiger charge is -2.23. The van der Waals surface area contributed by atoms with E-state index in [0.29, 0.717) is 6.61 Å². The second-order valence-corrected chi connectivity index (χ2v) is 5.28. The lowest BCUT2D eigenvalue weighted by atomic mass is 9.89. The predicted molar refractivity (Wildman–Crippen MR) is 76.7 cm³/mol.